The summed E-state index contributed by atoms with van der Waals surface area (Å²) in [6.07, 6.45) is 5.52. The zero-order chi connectivity index (χ0) is 14.5. The molecule has 1 saturated heterocycles. The molecule has 4 atom stereocenters. The molecule has 2 fully saturated rings. The Kier molecular flexibility index (Phi) is 5.37. The van der Waals surface area contributed by atoms with Gasteiger partial charge in [0.1, 0.15) is 0 Å². The number of fused-ring (bicyclic) bond motifs is 1. The fraction of sp³-hybridized carbons (Fsp3) is 0.857. The number of carbonyl (C=O) groups is 2. The van der Waals surface area contributed by atoms with Gasteiger partial charge in [0.25, 0.3) is 0 Å². The molecule has 6 heteroatoms. The van der Waals surface area contributed by atoms with E-state index in [1.807, 2.05) is 0 Å². The molecule has 0 radical (unpaired) electrons. The maximum absolute atomic E-state index is 12.1. The summed E-state index contributed by atoms with van der Waals surface area (Å²) < 4.78 is 4.40. The van der Waals surface area contributed by atoms with Crippen LogP contribution in [0.4, 0.5) is 0 Å². The molecule has 0 aromatic rings. The lowest BCUT2D eigenvalue weighted by Crippen LogP contribution is -2.55. The van der Waals surface area contributed by atoms with Crippen LogP contribution >= 0.6 is 0 Å². The van der Waals surface area contributed by atoms with E-state index in [0.717, 1.165) is 19.3 Å². The molecule has 1 aliphatic carbocycles. The zero-order valence-corrected chi connectivity index (χ0v) is 11.9. The van der Waals surface area contributed by atoms with Crippen molar-refractivity contribution in [3.05, 3.63) is 0 Å². The minimum Gasteiger partial charge on any atom is -0.467 e. The van der Waals surface area contributed by atoms with Gasteiger partial charge in [-0.05, 0) is 31.6 Å². The van der Waals surface area contributed by atoms with E-state index < -0.39 is 12.1 Å². The number of hydrogen-bond donors (Lipinski definition) is 3. The van der Waals surface area contributed by atoms with E-state index in [0.29, 0.717) is 12.0 Å². The molecule has 4 unspecified atom stereocenters. The average molecular weight is 284 g/mol. The number of aliphatic hydroxyl groups is 1. The van der Waals surface area contributed by atoms with Gasteiger partial charge in [0.2, 0.25) is 5.91 Å². The van der Waals surface area contributed by atoms with E-state index in [1.165, 1.54) is 26.4 Å². The Labute approximate surface area is 119 Å². The Balaban J connectivity index is 1.77. The number of ether oxygens (including phenoxy) is 1. The number of methoxy groups -OCH3 is 1. The summed E-state index contributed by atoms with van der Waals surface area (Å²) in [5, 5.41) is 15.5. The second kappa shape index (κ2) is 7.04. The van der Waals surface area contributed by atoms with Crippen LogP contribution in [0, 0.1) is 5.92 Å². The quantitative estimate of drug-likeness (QED) is 0.630. The first-order valence-corrected chi connectivity index (χ1v) is 7.41. The molecule has 0 aromatic carbocycles. The van der Waals surface area contributed by atoms with Gasteiger partial charge in [0.05, 0.1) is 19.7 Å². The van der Waals surface area contributed by atoms with Gasteiger partial charge in [0.15, 0.2) is 6.10 Å². The van der Waals surface area contributed by atoms with Crippen molar-refractivity contribution in [2.75, 3.05) is 13.7 Å². The first-order valence-electron chi connectivity index (χ1n) is 7.41. The standard InChI is InChI=1S/C14H24N2O4/c1-20-14(19)12(17)8-15-13(18)11-7-6-9-4-2-3-5-10(9)16-11/h9-12,16-17H,2-8H2,1H3,(H,15,18). The summed E-state index contributed by atoms with van der Waals surface area (Å²) in [6.45, 7) is -0.0994. The normalized spacial score (nSPS) is 31.0. The van der Waals surface area contributed by atoms with Crippen LogP contribution in [-0.4, -0.2) is 48.8 Å². The number of carbonyl (C=O) groups excluding carboxylic acids is 2. The maximum atomic E-state index is 12.1. The Morgan fingerprint density at radius 2 is 2.05 bits per heavy atom. The number of hydrogen-bond acceptors (Lipinski definition) is 5. The van der Waals surface area contributed by atoms with Crippen molar-refractivity contribution < 1.29 is 19.4 Å². The van der Waals surface area contributed by atoms with Gasteiger partial charge in [-0.3, -0.25) is 4.79 Å². The Morgan fingerprint density at radius 1 is 1.30 bits per heavy atom. The molecule has 0 aromatic heterocycles. The fourth-order valence-electron chi connectivity index (χ4n) is 3.24. The van der Waals surface area contributed by atoms with Gasteiger partial charge in [-0.15, -0.1) is 0 Å². The summed E-state index contributed by atoms with van der Waals surface area (Å²) >= 11 is 0. The topological polar surface area (TPSA) is 87.7 Å². The monoisotopic (exact) mass is 284 g/mol. The molecule has 1 aliphatic heterocycles. The number of amides is 1. The molecular formula is C14H24N2O4. The third-order valence-corrected chi connectivity index (χ3v) is 4.41. The van der Waals surface area contributed by atoms with Gasteiger partial charge >= 0.3 is 5.97 Å². The second-order valence-corrected chi connectivity index (χ2v) is 5.73. The van der Waals surface area contributed by atoms with Crippen LogP contribution in [0.25, 0.3) is 0 Å². The summed E-state index contributed by atoms with van der Waals surface area (Å²) in [6, 6.07) is 0.234. The van der Waals surface area contributed by atoms with Crippen LogP contribution in [0.3, 0.4) is 0 Å². The van der Waals surface area contributed by atoms with E-state index >= 15 is 0 Å². The first-order chi connectivity index (χ1) is 9.61. The van der Waals surface area contributed by atoms with Gasteiger partial charge in [-0.25, -0.2) is 4.79 Å². The molecule has 1 saturated carbocycles. The summed E-state index contributed by atoms with van der Waals surface area (Å²) in [4.78, 5) is 23.1. The third-order valence-electron chi connectivity index (χ3n) is 4.41. The number of nitrogens with one attached hydrogen (secondary N) is 2. The predicted octanol–water partition coefficient (Wildman–Crippen LogP) is -0.0527. The van der Waals surface area contributed by atoms with E-state index in [2.05, 4.69) is 15.4 Å². The Morgan fingerprint density at radius 3 is 2.80 bits per heavy atom. The number of piperidine rings is 1. The lowest BCUT2D eigenvalue weighted by atomic mass is 9.77. The highest BCUT2D eigenvalue weighted by Crippen LogP contribution is 2.32. The number of aliphatic hydroxyl groups excluding tert-OH is 1. The SMILES string of the molecule is COC(=O)C(O)CNC(=O)C1CCC2CCCCC2N1. The lowest BCUT2D eigenvalue weighted by molar-refractivity contribution is -0.150. The molecule has 20 heavy (non-hydrogen) atoms. The van der Waals surface area contributed by atoms with Crippen LogP contribution in [0.5, 0.6) is 0 Å². The minimum atomic E-state index is -1.30. The molecule has 2 rings (SSSR count). The zero-order valence-electron chi connectivity index (χ0n) is 11.9. The van der Waals surface area contributed by atoms with Crippen LogP contribution in [0.1, 0.15) is 38.5 Å². The van der Waals surface area contributed by atoms with Crippen molar-refractivity contribution in [3.8, 4) is 0 Å². The van der Waals surface area contributed by atoms with Gasteiger partial charge in [-0.1, -0.05) is 12.8 Å². The van der Waals surface area contributed by atoms with Crippen LogP contribution in [0.2, 0.25) is 0 Å². The lowest BCUT2D eigenvalue weighted by Gasteiger charge is -2.39. The van der Waals surface area contributed by atoms with Crippen LogP contribution < -0.4 is 10.6 Å². The van der Waals surface area contributed by atoms with Crippen molar-refractivity contribution in [2.45, 2.75) is 56.7 Å². The molecule has 1 amide bonds. The Hall–Kier alpha value is -1.14. The highest BCUT2D eigenvalue weighted by atomic mass is 16.5. The molecule has 0 bridgehead atoms. The van der Waals surface area contributed by atoms with Crippen molar-refractivity contribution in [3.63, 3.8) is 0 Å². The molecule has 1 heterocycles. The highest BCUT2D eigenvalue weighted by molar-refractivity contribution is 5.83. The molecule has 0 spiro atoms. The minimum absolute atomic E-state index is 0.0994. The van der Waals surface area contributed by atoms with Gasteiger partial charge in [0, 0.05) is 6.04 Å². The van der Waals surface area contributed by atoms with Crippen LogP contribution in [-0.2, 0) is 14.3 Å². The van der Waals surface area contributed by atoms with Crippen molar-refractivity contribution in [2.24, 2.45) is 5.92 Å². The van der Waals surface area contributed by atoms with Crippen LogP contribution in [0.15, 0.2) is 0 Å². The van der Waals surface area contributed by atoms with E-state index in [-0.39, 0.29) is 18.5 Å². The maximum Gasteiger partial charge on any atom is 0.336 e. The van der Waals surface area contributed by atoms with E-state index in [9.17, 15) is 14.7 Å². The van der Waals surface area contributed by atoms with E-state index in [1.54, 1.807) is 0 Å². The predicted molar refractivity (Wildman–Crippen MR) is 72.9 cm³/mol. The largest absolute Gasteiger partial charge is 0.467 e. The van der Waals surface area contributed by atoms with Gasteiger partial charge in [-0.2, -0.15) is 0 Å². The van der Waals surface area contributed by atoms with Crippen molar-refractivity contribution in [1.29, 1.82) is 0 Å². The fourth-order valence-corrected chi connectivity index (χ4v) is 3.24. The Bertz CT molecular complexity index is 361. The molecular weight excluding hydrogens is 260 g/mol. The number of rotatable bonds is 4. The van der Waals surface area contributed by atoms with Gasteiger partial charge < -0.3 is 20.5 Å². The average Bonchev–Trinajstić information content (AvgIpc) is 2.50. The van der Waals surface area contributed by atoms with E-state index in [4.69, 9.17) is 0 Å². The summed E-state index contributed by atoms with van der Waals surface area (Å²) in [5.41, 5.74) is 0. The first kappa shape index (κ1) is 15.3. The summed E-state index contributed by atoms with van der Waals surface area (Å²) in [5.74, 6) is -0.167. The van der Waals surface area contributed by atoms with Crippen molar-refractivity contribution >= 4 is 11.9 Å². The molecule has 2 aliphatic rings. The number of esters is 1. The second-order valence-electron chi connectivity index (χ2n) is 5.73. The molecule has 6 nitrogen and oxygen atoms in total. The molecule has 3 N–H and O–H groups in total. The molecule has 114 valence electrons. The smallest absolute Gasteiger partial charge is 0.336 e. The third kappa shape index (κ3) is 3.70. The highest BCUT2D eigenvalue weighted by Gasteiger charge is 2.34. The summed E-state index contributed by atoms with van der Waals surface area (Å²) in [7, 11) is 1.21. The van der Waals surface area contributed by atoms with Crippen molar-refractivity contribution in [1.82, 2.24) is 10.6 Å².